The number of hydrogen-bond acceptors (Lipinski definition) is 6. The number of halogens is 3. The van der Waals surface area contributed by atoms with Crippen LogP contribution in [0.5, 0.6) is 5.75 Å². The van der Waals surface area contributed by atoms with E-state index >= 15 is 0 Å². The third-order valence-corrected chi connectivity index (χ3v) is 7.77. The summed E-state index contributed by atoms with van der Waals surface area (Å²) in [6, 6.07) is 9.69. The summed E-state index contributed by atoms with van der Waals surface area (Å²) >= 11 is 0. The Bertz CT molecular complexity index is 1270. The summed E-state index contributed by atoms with van der Waals surface area (Å²) in [4.78, 5) is 22.6. The molecule has 0 bridgehead atoms. The Morgan fingerprint density at radius 1 is 1.11 bits per heavy atom. The number of piperidine rings is 1. The molecule has 2 saturated heterocycles. The molecule has 3 heterocycles. The van der Waals surface area contributed by atoms with Crippen molar-refractivity contribution in [2.24, 2.45) is 0 Å². The lowest BCUT2D eigenvalue weighted by Gasteiger charge is -2.43. The maximum absolute atomic E-state index is 13.6. The summed E-state index contributed by atoms with van der Waals surface area (Å²) in [5.41, 5.74) is -2.45. The van der Waals surface area contributed by atoms with Crippen LogP contribution in [0.4, 0.5) is 24.5 Å². The van der Waals surface area contributed by atoms with Gasteiger partial charge in [0, 0.05) is 18.8 Å². The third kappa shape index (κ3) is 4.21. The zero-order valence-electron chi connectivity index (χ0n) is 20.8. The predicted octanol–water partition coefficient (Wildman–Crippen LogP) is 5.08. The molecule has 1 amide bonds. The van der Waals surface area contributed by atoms with Crippen molar-refractivity contribution in [1.82, 2.24) is 9.88 Å². The number of anilines is 2. The first-order chi connectivity index (χ1) is 17.5. The van der Waals surface area contributed by atoms with Gasteiger partial charge < -0.3 is 14.5 Å². The zero-order chi connectivity index (χ0) is 26.6. The number of ether oxygens (including phenoxy) is 1. The number of pyridine rings is 1. The molecular weight excluding hydrogens is 483 g/mol. The Morgan fingerprint density at radius 3 is 2.30 bits per heavy atom. The molecule has 3 fully saturated rings. The largest absolute Gasteiger partial charge is 0.487 e. The van der Waals surface area contributed by atoms with Crippen molar-refractivity contribution in [2.75, 3.05) is 29.9 Å². The van der Waals surface area contributed by atoms with Crippen LogP contribution in [-0.4, -0.2) is 47.1 Å². The van der Waals surface area contributed by atoms with E-state index in [1.165, 1.54) is 11.0 Å². The molecule has 194 valence electrons. The normalized spacial score (nSPS) is 21.2. The van der Waals surface area contributed by atoms with Gasteiger partial charge >= 0.3 is 6.18 Å². The van der Waals surface area contributed by atoms with E-state index in [1.807, 2.05) is 29.2 Å². The molecule has 1 saturated carbocycles. The molecule has 1 spiro atoms. The van der Waals surface area contributed by atoms with Gasteiger partial charge in [-0.25, -0.2) is 4.98 Å². The summed E-state index contributed by atoms with van der Waals surface area (Å²) in [5.74, 6) is 0.625. The number of nitrogens with zero attached hydrogens (tertiary/aromatic N) is 5. The van der Waals surface area contributed by atoms with E-state index in [0.717, 1.165) is 50.4 Å². The SMILES string of the molecule is C=C1N(c2cnc(C#N)c(C(F)(F)F)c2)C(=O)C2(CCC2)N1c1ccc(OC2(C)CCN(C)CC2)cc1. The molecule has 1 aromatic heterocycles. The molecule has 37 heavy (non-hydrogen) atoms. The number of alkyl halides is 3. The summed E-state index contributed by atoms with van der Waals surface area (Å²) in [6.45, 7) is 8.12. The highest BCUT2D eigenvalue weighted by molar-refractivity contribution is 6.10. The fourth-order valence-corrected chi connectivity index (χ4v) is 5.40. The molecule has 3 aliphatic rings. The van der Waals surface area contributed by atoms with Crippen molar-refractivity contribution < 1.29 is 22.7 Å². The first-order valence-corrected chi connectivity index (χ1v) is 12.3. The van der Waals surface area contributed by atoms with Crippen molar-refractivity contribution in [3.63, 3.8) is 0 Å². The molecular formula is C27H28F3N5O2. The van der Waals surface area contributed by atoms with Crippen LogP contribution in [0.2, 0.25) is 0 Å². The van der Waals surface area contributed by atoms with Crippen LogP contribution in [0.15, 0.2) is 48.9 Å². The van der Waals surface area contributed by atoms with Crippen LogP contribution in [0.25, 0.3) is 0 Å². The average molecular weight is 512 g/mol. The van der Waals surface area contributed by atoms with Gasteiger partial charge in [0.1, 0.15) is 28.8 Å². The molecule has 0 unspecified atom stereocenters. The van der Waals surface area contributed by atoms with Crippen LogP contribution in [0, 0.1) is 11.3 Å². The van der Waals surface area contributed by atoms with Gasteiger partial charge in [-0.05, 0) is 76.4 Å². The standard InChI is InChI=1S/C27H28F3N5O2/c1-18-34(20-15-22(27(28,29)30)23(16-31)32-17-20)24(36)26(9-4-10-26)35(18)19-5-7-21(8-6-19)37-25(2)11-13-33(3)14-12-25/h5-8,15,17H,1,4,9-14H2,2-3H3. The average Bonchev–Trinajstić information content (AvgIpc) is 3.07. The van der Waals surface area contributed by atoms with Gasteiger partial charge in [0.05, 0.1) is 17.4 Å². The van der Waals surface area contributed by atoms with Crippen LogP contribution < -0.4 is 14.5 Å². The molecule has 0 radical (unpaired) electrons. The van der Waals surface area contributed by atoms with Crippen molar-refractivity contribution in [3.8, 4) is 11.8 Å². The van der Waals surface area contributed by atoms with Gasteiger partial charge in [0.2, 0.25) is 0 Å². The fourth-order valence-electron chi connectivity index (χ4n) is 5.40. The smallest absolute Gasteiger partial charge is 0.419 e. The quantitative estimate of drug-likeness (QED) is 0.570. The molecule has 1 aromatic carbocycles. The van der Waals surface area contributed by atoms with Gasteiger partial charge in [0.25, 0.3) is 5.91 Å². The van der Waals surface area contributed by atoms with Gasteiger partial charge in [0.15, 0.2) is 5.69 Å². The molecule has 0 atom stereocenters. The number of nitriles is 1. The second kappa shape index (κ2) is 8.77. The molecule has 10 heteroatoms. The molecule has 5 rings (SSSR count). The number of benzene rings is 1. The Labute approximate surface area is 213 Å². The molecule has 0 N–H and O–H groups in total. The van der Waals surface area contributed by atoms with Gasteiger partial charge in [-0.15, -0.1) is 0 Å². The lowest BCUT2D eigenvalue weighted by molar-refractivity contribution is -0.138. The van der Waals surface area contributed by atoms with Crippen LogP contribution in [-0.2, 0) is 11.0 Å². The summed E-state index contributed by atoms with van der Waals surface area (Å²) in [6.07, 6.45) is 0.0929. The van der Waals surface area contributed by atoms with E-state index in [9.17, 15) is 18.0 Å². The maximum atomic E-state index is 13.6. The van der Waals surface area contributed by atoms with E-state index < -0.39 is 23.0 Å². The number of likely N-dealkylation sites (tertiary alicyclic amines) is 1. The summed E-state index contributed by atoms with van der Waals surface area (Å²) in [7, 11) is 2.09. The van der Waals surface area contributed by atoms with E-state index in [0.29, 0.717) is 18.5 Å². The number of hydrogen-bond donors (Lipinski definition) is 0. The van der Waals surface area contributed by atoms with Crippen molar-refractivity contribution in [2.45, 2.75) is 56.3 Å². The van der Waals surface area contributed by atoms with E-state index in [4.69, 9.17) is 10.00 Å². The minimum atomic E-state index is -4.79. The third-order valence-electron chi connectivity index (χ3n) is 7.77. The lowest BCUT2D eigenvalue weighted by Crippen LogP contribution is -2.54. The monoisotopic (exact) mass is 511 g/mol. The summed E-state index contributed by atoms with van der Waals surface area (Å²) in [5, 5.41) is 9.09. The Hall–Kier alpha value is -3.58. The first kappa shape index (κ1) is 25.1. The van der Waals surface area contributed by atoms with Crippen molar-refractivity contribution in [1.29, 1.82) is 5.26 Å². The van der Waals surface area contributed by atoms with E-state index in [1.54, 1.807) is 0 Å². The fraction of sp³-hybridized carbons (Fsp3) is 0.444. The highest BCUT2D eigenvalue weighted by Crippen LogP contribution is 2.51. The first-order valence-electron chi connectivity index (χ1n) is 12.3. The Morgan fingerprint density at radius 2 is 1.76 bits per heavy atom. The number of amides is 1. The Balaban J connectivity index is 1.44. The van der Waals surface area contributed by atoms with Gasteiger partial charge in [-0.1, -0.05) is 6.58 Å². The van der Waals surface area contributed by atoms with E-state index in [-0.39, 0.29) is 23.0 Å². The van der Waals surface area contributed by atoms with Crippen molar-refractivity contribution >= 4 is 17.3 Å². The zero-order valence-corrected chi connectivity index (χ0v) is 20.8. The molecule has 1 aliphatic carbocycles. The number of carbonyl (C=O) groups is 1. The number of carbonyl (C=O) groups excluding carboxylic acids is 1. The van der Waals surface area contributed by atoms with Crippen LogP contribution >= 0.6 is 0 Å². The highest BCUT2D eigenvalue weighted by Gasteiger charge is 2.59. The van der Waals surface area contributed by atoms with Gasteiger partial charge in [-0.3, -0.25) is 9.69 Å². The maximum Gasteiger partial charge on any atom is 0.419 e. The van der Waals surface area contributed by atoms with Crippen molar-refractivity contribution in [3.05, 3.63) is 60.2 Å². The Kier molecular flexibility index (Phi) is 5.94. The van der Waals surface area contributed by atoms with Crippen LogP contribution in [0.1, 0.15) is 50.3 Å². The highest BCUT2D eigenvalue weighted by atomic mass is 19.4. The molecule has 2 aliphatic heterocycles. The number of aromatic nitrogens is 1. The number of rotatable bonds is 4. The topological polar surface area (TPSA) is 72.7 Å². The predicted molar refractivity (Wildman–Crippen MR) is 132 cm³/mol. The second-order valence-electron chi connectivity index (χ2n) is 10.3. The molecule has 2 aromatic rings. The van der Waals surface area contributed by atoms with Crippen LogP contribution in [0.3, 0.4) is 0 Å². The molecule has 7 nitrogen and oxygen atoms in total. The minimum absolute atomic E-state index is 0.0646. The van der Waals surface area contributed by atoms with Gasteiger partial charge in [-0.2, -0.15) is 18.4 Å². The summed E-state index contributed by atoms with van der Waals surface area (Å²) < 4.78 is 47.1. The lowest BCUT2D eigenvalue weighted by atomic mass is 9.75. The minimum Gasteiger partial charge on any atom is -0.487 e. The van der Waals surface area contributed by atoms with E-state index in [2.05, 4.69) is 30.4 Å². The second-order valence-corrected chi connectivity index (χ2v) is 10.3.